The molecular formula is C15H12N4O2S2. The Kier molecular flexibility index (Phi) is 4.45. The van der Waals surface area contributed by atoms with Crippen molar-refractivity contribution >= 4 is 40.7 Å². The van der Waals surface area contributed by atoms with Crippen molar-refractivity contribution in [1.82, 2.24) is 20.3 Å². The van der Waals surface area contributed by atoms with Crippen molar-refractivity contribution < 1.29 is 4.79 Å². The van der Waals surface area contributed by atoms with E-state index in [4.69, 9.17) is 0 Å². The zero-order valence-electron chi connectivity index (χ0n) is 12.1. The molecule has 6 nitrogen and oxygen atoms in total. The Bertz CT molecular complexity index is 910. The first kappa shape index (κ1) is 15.3. The van der Waals surface area contributed by atoms with Gasteiger partial charge in [0.1, 0.15) is 16.4 Å². The Morgan fingerprint density at radius 2 is 2.17 bits per heavy atom. The molecule has 116 valence electrons. The molecule has 2 N–H and O–H groups in total. The highest BCUT2D eigenvalue weighted by Gasteiger charge is 2.09. The van der Waals surface area contributed by atoms with E-state index >= 15 is 0 Å². The molecule has 0 aliphatic heterocycles. The van der Waals surface area contributed by atoms with Crippen molar-refractivity contribution in [3.63, 3.8) is 0 Å². The number of hydrogen-bond donors (Lipinski definition) is 2. The molecule has 23 heavy (non-hydrogen) atoms. The second-order valence-electron chi connectivity index (χ2n) is 4.47. The summed E-state index contributed by atoms with van der Waals surface area (Å²) in [5, 5.41) is 5.36. The third-order valence-corrected chi connectivity index (χ3v) is 4.95. The van der Waals surface area contributed by atoms with Crippen molar-refractivity contribution in [3.05, 3.63) is 56.5 Å². The monoisotopic (exact) mass is 344 g/mol. The van der Waals surface area contributed by atoms with E-state index in [0.717, 1.165) is 14.8 Å². The van der Waals surface area contributed by atoms with Crippen LogP contribution in [0.15, 0.2) is 34.7 Å². The molecule has 1 amide bonds. The molecule has 8 heteroatoms. The van der Waals surface area contributed by atoms with Gasteiger partial charge >= 0.3 is 0 Å². The summed E-state index contributed by atoms with van der Waals surface area (Å²) in [6.45, 7) is 0. The Morgan fingerprint density at radius 3 is 2.87 bits per heavy atom. The SMILES string of the molecule is CNC(=O)c1cnc(/C=C/c2cnc(-c3cccs3)s2)[nH]c1=O. The zero-order valence-corrected chi connectivity index (χ0v) is 13.7. The van der Waals surface area contributed by atoms with Crippen LogP contribution in [0, 0.1) is 0 Å². The molecule has 0 saturated carbocycles. The average molecular weight is 344 g/mol. The molecule has 0 unspecified atom stereocenters. The quantitative estimate of drug-likeness (QED) is 0.761. The van der Waals surface area contributed by atoms with Crippen molar-refractivity contribution in [2.24, 2.45) is 0 Å². The van der Waals surface area contributed by atoms with E-state index in [9.17, 15) is 9.59 Å². The Labute approximate surface area is 139 Å². The summed E-state index contributed by atoms with van der Waals surface area (Å²) in [5.74, 6) is -0.0777. The molecule has 3 heterocycles. The first-order chi connectivity index (χ1) is 11.2. The predicted octanol–water partition coefficient (Wildman–Crippen LogP) is 2.48. The van der Waals surface area contributed by atoms with Gasteiger partial charge in [0.15, 0.2) is 0 Å². The van der Waals surface area contributed by atoms with E-state index in [1.165, 1.54) is 13.2 Å². The van der Waals surface area contributed by atoms with Gasteiger partial charge < -0.3 is 10.3 Å². The lowest BCUT2D eigenvalue weighted by Gasteiger charge is -1.98. The number of carbonyl (C=O) groups is 1. The number of aromatic nitrogens is 3. The third kappa shape index (κ3) is 3.43. The number of nitrogens with one attached hydrogen (secondary N) is 2. The number of thiazole rings is 1. The summed E-state index contributed by atoms with van der Waals surface area (Å²) in [6.07, 6.45) is 6.54. The molecule has 0 saturated heterocycles. The molecule has 0 fully saturated rings. The lowest BCUT2D eigenvalue weighted by atomic mass is 10.3. The molecular weight excluding hydrogens is 332 g/mol. The second kappa shape index (κ2) is 6.67. The molecule has 0 radical (unpaired) electrons. The number of H-pyrrole nitrogens is 1. The zero-order chi connectivity index (χ0) is 16.2. The van der Waals surface area contributed by atoms with Gasteiger partial charge in [0.25, 0.3) is 11.5 Å². The van der Waals surface area contributed by atoms with Gasteiger partial charge in [-0.3, -0.25) is 9.59 Å². The largest absolute Gasteiger partial charge is 0.355 e. The fourth-order valence-corrected chi connectivity index (χ4v) is 3.45. The van der Waals surface area contributed by atoms with Crippen LogP contribution in [-0.4, -0.2) is 27.9 Å². The van der Waals surface area contributed by atoms with Gasteiger partial charge in [-0.05, 0) is 23.6 Å². The van der Waals surface area contributed by atoms with Gasteiger partial charge in [0, 0.05) is 24.3 Å². The summed E-state index contributed by atoms with van der Waals surface area (Å²) in [5.41, 5.74) is -0.481. The van der Waals surface area contributed by atoms with E-state index in [-0.39, 0.29) is 5.56 Å². The second-order valence-corrected chi connectivity index (χ2v) is 6.48. The summed E-state index contributed by atoms with van der Waals surface area (Å²) < 4.78 is 0. The summed E-state index contributed by atoms with van der Waals surface area (Å²) in [4.78, 5) is 36.3. The lowest BCUT2D eigenvalue weighted by Crippen LogP contribution is -2.27. The predicted molar refractivity (Wildman–Crippen MR) is 92.6 cm³/mol. The van der Waals surface area contributed by atoms with Gasteiger partial charge in [-0.2, -0.15) is 0 Å². The number of carbonyl (C=O) groups excluding carboxylic acids is 1. The first-order valence-electron chi connectivity index (χ1n) is 6.66. The maximum absolute atomic E-state index is 11.8. The minimum Gasteiger partial charge on any atom is -0.355 e. The van der Waals surface area contributed by atoms with Crippen molar-refractivity contribution in [1.29, 1.82) is 0 Å². The number of aromatic amines is 1. The van der Waals surface area contributed by atoms with Crippen LogP contribution in [0.2, 0.25) is 0 Å². The summed E-state index contributed by atoms with van der Waals surface area (Å²) in [6, 6.07) is 4.01. The van der Waals surface area contributed by atoms with Gasteiger partial charge in [-0.25, -0.2) is 9.97 Å². The lowest BCUT2D eigenvalue weighted by molar-refractivity contribution is 0.0961. The molecule has 3 rings (SSSR count). The summed E-state index contributed by atoms with van der Waals surface area (Å²) in [7, 11) is 1.46. The van der Waals surface area contributed by atoms with Crippen molar-refractivity contribution in [2.75, 3.05) is 7.05 Å². The van der Waals surface area contributed by atoms with Gasteiger partial charge in [0.2, 0.25) is 0 Å². The minimum atomic E-state index is -0.470. The Morgan fingerprint density at radius 1 is 1.30 bits per heavy atom. The van der Waals surface area contributed by atoms with Crippen LogP contribution in [0.4, 0.5) is 0 Å². The standard InChI is InChI=1S/C15H12N4O2S2/c1-16-13(20)10-8-17-12(19-14(10)21)5-4-9-7-18-15(23-9)11-3-2-6-22-11/h2-8H,1H3,(H,16,20)(H,17,19,21)/b5-4+. The topological polar surface area (TPSA) is 87.7 Å². The number of amides is 1. The van der Waals surface area contributed by atoms with Crippen LogP contribution in [0.3, 0.4) is 0 Å². The highest BCUT2D eigenvalue weighted by Crippen LogP contribution is 2.29. The number of nitrogens with zero attached hydrogens (tertiary/aromatic N) is 2. The molecule has 0 spiro atoms. The third-order valence-electron chi connectivity index (χ3n) is 2.95. The fourth-order valence-electron chi connectivity index (χ4n) is 1.83. The van der Waals surface area contributed by atoms with Gasteiger partial charge in [0.05, 0.1) is 4.88 Å². The van der Waals surface area contributed by atoms with Crippen LogP contribution >= 0.6 is 22.7 Å². The van der Waals surface area contributed by atoms with Crippen LogP contribution in [0.1, 0.15) is 21.1 Å². The molecule has 3 aromatic rings. The van der Waals surface area contributed by atoms with E-state index in [0.29, 0.717) is 5.82 Å². The molecule has 0 aliphatic carbocycles. The van der Waals surface area contributed by atoms with Crippen LogP contribution < -0.4 is 10.9 Å². The highest BCUT2D eigenvalue weighted by atomic mass is 32.1. The molecule has 0 atom stereocenters. The minimum absolute atomic E-state index is 0.0116. The van der Waals surface area contributed by atoms with E-state index in [1.54, 1.807) is 34.9 Å². The number of hydrogen-bond acceptors (Lipinski definition) is 6. The van der Waals surface area contributed by atoms with Crippen LogP contribution in [0.5, 0.6) is 0 Å². The van der Waals surface area contributed by atoms with Crippen molar-refractivity contribution in [2.45, 2.75) is 0 Å². The Hall–Kier alpha value is -2.58. The normalized spacial score (nSPS) is 11.0. The molecule has 3 aromatic heterocycles. The van der Waals surface area contributed by atoms with E-state index < -0.39 is 11.5 Å². The highest BCUT2D eigenvalue weighted by molar-refractivity contribution is 7.21. The smallest absolute Gasteiger partial charge is 0.263 e. The average Bonchev–Trinajstić information content (AvgIpc) is 3.23. The number of thiophene rings is 1. The molecule has 0 bridgehead atoms. The first-order valence-corrected chi connectivity index (χ1v) is 8.36. The van der Waals surface area contributed by atoms with Gasteiger partial charge in [-0.15, -0.1) is 22.7 Å². The Balaban J connectivity index is 1.79. The molecule has 0 aromatic carbocycles. The van der Waals surface area contributed by atoms with Crippen molar-refractivity contribution in [3.8, 4) is 9.88 Å². The van der Waals surface area contributed by atoms with Crippen LogP contribution in [0.25, 0.3) is 22.0 Å². The maximum Gasteiger partial charge on any atom is 0.263 e. The fraction of sp³-hybridized carbons (Fsp3) is 0.0667. The number of rotatable bonds is 4. The summed E-state index contributed by atoms with van der Waals surface area (Å²) >= 11 is 3.19. The van der Waals surface area contributed by atoms with Crippen LogP contribution in [-0.2, 0) is 0 Å². The maximum atomic E-state index is 11.8. The molecule has 0 aliphatic rings. The van der Waals surface area contributed by atoms with Gasteiger partial charge in [-0.1, -0.05) is 6.07 Å². The van der Waals surface area contributed by atoms with E-state index in [2.05, 4.69) is 20.3 Å². The van der Waals surface area contributed by atoms with E-state index in [1.807, 2.05) is 23.6 Å².